The molecule has 0 spiro atoms. The Balaban J connectivity index is 2.84. The molecule has 1 heterocycles. The van der Waals surface area contributed by atoms with Crippen LogP contribution in [0.15, 0.2) is 24.4 Å². The lowest BCUT2D eigenvalue weighted by Crippen LogP contribution is -1.98. The number of pyridine rings is 1. The predicted molar refractivity (Wildman–Crippen MR) is 42.9 cm³/mol. The van der Waals surface area contributed by atoms with Crippen molar-refractivity contribution in [3.05, 3.63) is 30.1 Å². The molecule has 52 valence electrons. The second-order valence-corrected chi connectivity index (χ2v) is 2.11. The molecule has 0 aliphatic rings. The zero-order valence-electron chi connectivity index (χ0n) is 5.27. The number of aromatic nitrogens is 1. The molecule has 1 aromatic rings. The average molecular weight is 153 g/mol. The van der Waals surface area contributed by atoms with Crippen LogP contribution in [0.25, 0.3) is 0 Å². The molecule has 1 unspecified atom stereocenters. The van der Waals surface area contributed by atoms with Gasteiger partial charge in [-0.25, -0.2) is 0 Å². The number of rotatable bonds is 2. The van der Waals surface area contributed by atoms with Gasteiger partial charge in [0.2, 0.25) is 0 Å². The van der Waals surface area contributed by atoms with Crippen LogP contribution in [0.5, 0.6) is 0 Å². The molecular formula is C7H7NOS. The molecule has 0 fully saturated rings. The van der Waals surface area contributed by atoms with Crippen molar-refractivity contribution in [2.24, 2.45) is 0 Å². The van der Waals surface area contributed by atoms with Gasteiger partial charge in [0.25, 0.3) is 0 Å². The molecule has 0 saturated carbocycles. The Bertz CT molecular complexity index is 212. The lowest BCUT2D eigenvalue weighted by Gasteiger charge is -2.00. The quantitative estimate of drug-likeness (QED) is 0.646. The van der Waals surface area contributed by atoms with Gasteiger partial charge in [-0.2, -0.15) is 0 Å². The van der Waals surface area contributed by atoms with Crippen molar-refractivity contribution in [3.63, 3.8) is 0 Å². The Morgan fingerprint density at radius 1 is 1.60 bits per heavy atom. The molecule has 0 amide bonds. The Hall–Kier alpha value is -0.800. The van der Waals surface area contributed by atoms with E-state index in [1.807, 2.05) is 6.07 Å². The molecule has 0 saturated heterocycles. The molecule has 0 radical (unpaired) electrons. The largest absolute Gasteiger partial charge is 0.382 e. The zero-order chi connectivity index (χ0) is 7.40. The summed E-state index contributed by atoms with van der Waals surface area (Å²) in [5, 5.41) is 10.4. The summed E-state index contributed by atoms with van der Waals surface area (Å²) < 4.78 is 0. The smallest absolute Gasteiger partial charge is 0.124 e. The lowest BCUT2D eigenvalue weighted by atomic mass is 10.2. The van der Waals surface area contributed by atoms with Crippen molar-refractivity contribution < 1.29 is 5.11 Å². The summed E-state index contributed by atoms with van der Waals surface area (Å²) in [7, 11) is 0. The third-order valence-electron chi connectivity index (χ3n) is 1.12. The van der Waals surface area contributed by atoms with E-state index in [9.17, 15) is 0 Å². The van der Waals surface area contributed by atoms with E-state index < -0.39 is 6.10 Å². The van der Waals surface area contributed by atoms with E-state index in [4.69, 9.17) is 5.11 Å². The molecule has 2 nitrogen and oxygen atoms in total. The predicted octanol–water partition coefficient (Wildman–Crippen LogP) is 1.11. The van der Waals surface area contributed by atoms with E-state index in [1.54, 1.807) is 18.3 Å². The fourth-order valence-corrected chi connectivity index (χ4v) is 0.760. The number of thiocarbonyl (C=S) groups is 1. The van der Waals surface area contributed by atoms with Crippen molar-refractivity contribution in [1.29, 1.82) is 0 Å². The van der Waals surface area contributed by atoms with Gasteiger partial charge in [0.15, 0.2) is 0 Å². The summed E-state index contributed by atoms with van der Waals surface area (Å²) in [6.45, 7) is 0. The van der Waals surface area contributed by atoms with Gasteiger partial charge in [0.05, 0.1) is 5.69 Å². The first kappa shape index (κ1) is 7.31. The summed E-state index contributed by atoms with van der Waals surface area (Å²) >= 11 is 4.54. The first-order valence-electron chi connectivity index (χ1n) is 2.89. The van der Waals surface area contributed by atoms with E-state index in [2.05, 4.69) is 17.2 Å². The SMILES string of the molecule is OC(C=S)c1ccccn1. The Morgan fingerprint density at radius 2 is 2.40 bits per heavy atom. The highest BCUT2D eigenvalue weighted by Gasteiger charge is 2.01. The highest BCUT2D eigenvalue weighted by molar-refractivity contribution is 7.79. The Morgan fingerprint density at radius 3 is 2.90 bits per heavy atom. The summed E-state index contributed by atoms with van der Waals surface area (Å²) in [6, 6.07) is 5.33. The minimum Gasteiger partial charge on any atom is -0.382 e. The van der Waals surface area contributed by atoms with E-state index in [0.717, 1.165) is 0 Å². The molecule has 0 aliphatic heterocycles. The molecule has 1 N–H and O–H groups in total. The van der Waals surface area contributed by atoms with Gasteiger partial charge in [0, 0.05) is 11.6 Å². The van der Waals surface area contributed by atoms with E-state index in [-0.39, 0.29) is 0 Å². The normalized spacial score (nSPS) is 12.5. The zero-order valence-corrected chi connectivity index (χ0v) is 6.08. The first-order chi connectivity index (χ1) is 4.84. The number of nitrogens with zero attached hydrogens (tertiary/aromatic N) is 1. The Kier molecular flexibility index (Phi) is 2.48. The minimum atomic E-state index is -0.712. The number of aliphatic hydroxyl groups excluding tert-OH is 1. The van der Waals surface area contributed by atoms with Crippen LogP contribution in [0.3, 0.4) is 0 Å². The van der Waals surface area contributed by atoms with Crippen LogP contribution in [-0.2, 0) is 0 Å². The van der Waals surface area contributed by atoms with Crippen molar-refractivity contribution in [2.75, 3.05) is 0 Å². The maximum Gasteiger partial charge on any atom is 0.124 e. The standard InChI is InChI=1S/C7H7NOS/c9-7(5-10)6-3-1-2-4-8-6/h1-5,7,9H. The second-order valence-electron chi connectivity index (χ2n) is 1.84. The van der Waals surface area contributed by atoms with Gasteiger partial charge in [-0.3, -0.25) is 4.98 Å². The van der Waals surface area contributed by atoms with Crippen LogP contribution in [0, 0.1) is 0 Å². The fourth-order valence-electron chi connectivity index (χ4n) is 0.621. The van der Waals surface area contributed by atoms with Crippen LogP contribution < -0.4 is 0 Å². The van der Waals surface area contributed by atoms with Crippen LogP contribution in [0.1, 0.15) is 11.8 Å². The van der Waals surface area contributed by atoms with E-state index in [1.165, 1.54) is 5.37 Å². The van der Waals surface area contributed by atoms with Gasteiger partial charge in [0.1, 0.15) is 6.10 Å². The van der Waals surface area contributed by atoms with Crippen LogP contribution >= 0.6 is 12.2 Å². The van der Waals surface area contributed by atoms with Gasteiger partial charge in [-0.05, 0) is 12.1 Å². The molecule has 1 rings (SSSR count). The summed E-state index contributed by atoms with van der Waals surface area (Å²) in [5.74, 6) is 0. The molecule has 10 heavy (non-hydrogen) atoms. The van der Waals surface area contributed by atoms with Crippen LogP contribution in [-0.4, -0.2) is 15.5 Å². The molecule has 0 bridgehead atoms. The summed E-state index contributed by atoms with van der Waals surface area (Å²) in [5.41, 5.74) is 0.595. The average Bonchev–Trinajstić information content (AvgIpc) is 2.05. The van der Waals surface area contributed by atoms with Gasteiger partial charge < -0.3 is 5.11 Å². The highest BCUT2D eigenvalue weighted by Crippen LogP contribution is 2.04. The van der Waals surface area contributed by atoms with Crippen LogP contribution in [0.2, 0.25) is 0 Å². The van der Waals surface area contributed by atoms with Crippen molar-refractivity contribution in [2.45, 2.75) is 6.10 Å². The third-order valence-corrected chi connectivity index (χ3v) is 1.38. The lowest BCUT2D eigenvalue weighted by molar-refractivity contribution is 0.250. The number of hydrogen-bond donors (Lipinski definition) is 1. The van der Waals surface area contributed by atoms with Crippen molar-refractivity contribution in [1.82, 2.24) is 4.98 Å². The van der Waals surface area contributed by atoms with E-state index >= 15 is 0 Å². The third kappa shape index (κ3) is 1.59. The topological polar surface area (TPSA) is 33.1 Å². The van der Waals surface area contributed by atoms with Crippen molar-refractivity contribution >= 4 is 17.6 Å². The highest BCUT2D eigenvalue weighted by atomic mass is 32.1. The molecule has 0 aliphatic carbocycles. The second kappa shape index (κ2) is 3.39. The molecular weight excluding hydrogens is 146 g/mol. The number of hydrogen-bond acceptors (Lipinski definition) is 3. The first-order valence-corrected chi connectivity index (χ1v) is 3.36. The molecule has 1 atom stereocenters. The maximum absolute atomic E-state index is 9.11. The number of aliphatic hydroxyl groups is 1. The minimum absolute atomic E-state index is 0.595. The van der Waals surface area contributed by atoms with Crippen molar-refractivity contribution in [3.8, 4) is 0 Å². The van der Waals surface area contributed by atoms with Gasteiger partial charge >= 0.3 is 0 Å². The fraction of sp³-hybridized carbons (Fsp3) is 0.143. The molecule has 1 aromatic heterocycles. The summed E-state index contributed by atoms with van der Waals surface area (Å²) in [4.78, 5) is 3.90. The summed E-state index contributed by atoms with van der Waals surface area (Å²) in [6.07, 6.45) is 0.911. The van der Waals surface area contributed by atoms with E-state index in [0.29, 0.717) is 5.69 Å². The molecule has 0 aromatic carbocycles. The maximum atomic E-state index is 9.11. The monoisotopic (exact) mass is 153 g/mol. The van der Waals surface area contributed by atoms with Gasteiger partial charge in [-0.1, -0.05) is 18.3 Å². The molecule has 3 heteroatoms. The van der Waals surface area contributed by atoms with Crippen LogP contribution in [0.4, 0.5) is 0 Å². The van der Waals surface area contributed by atoms with Gasteiger partial charge in [-0.15, -0.1) is 0 Å². The Labute approximate surface area is 64.5 Å².